The van der Waals surface area contributed by atoms with Crippen LogP contribution in [0.1, 0.15) is 66.2 Å². The van der Waals surface area contributed by atoms with Crippen molar-refractivity contribution in [2.45, 2.75) is 72.3 Å². The molecule has 1 aliphatic rings. The first kappa shape index (κ1) is 17.5. The van der Waals surface area contributed by atoms with Crippen LogP contribution in [-0.2, 0) is 4.79 Å². The summed E-state index contributed by atoms with van der Waals surface area (Å²) in [6.07, 6.45) is 7.38. The van der Waals surface area contributed by atoms with Gasteiger partial charge < -0.3 is 10.2 Å². The molecule has 0 aromatic rings. The van der Waals surface area contributed by atoms with Gasteiger partial charge >= 0.3 is 0 Å². The molecule has 0 spiro atoms. The minimum Gasteiger partial charge on any atom is -0.353 e. The Kier molecular flexibility index (Phi) is 8.20. The van der Waals surface area contributed by atoms with Crippen LogP contribution < -0.4 is 5.32 Å². The highest BCUT2D eigenvalue weighted by molar-refractivity contribution is 5.79. The van der Waals surface area contributed by atoms with Crippen LogP contribution in [-0.4, -0.2) is 36.5 Å². The predicted octanol–water partition coefficient (Wildman–Crippen LogP) is 3.44. The van der Waals surface area contributed by atoms with Gasteiger partial charge in [-0.05, 0) is 51.7 Å². The number of piperidine rings is 1. The molecule has 3 heteroatoms. The van der Waals surface area contributed by atoms with E-state index in [-0.39, 0.29) is 17.9 Å². The van der Waals surface area contributed by atoms with E-state index >= 15 is 0 Å². The quantitative estimate of drug-likeness (QED) is 0.692. The van der Waals surface area contributed by atoms with E-state index in [0.717, 1.165) is 25.9 Å². The molecule has 1 fully saturated rings. The predicted molar refractivity (Wildman–Crippen MR) is 85.7 cm³/mol. The van der Waals surface area contributed by atoms with Crippen LogP contribution >= 0.6 is 0 Å². The number of carbonyl (C=O) groups is 1. The van der Waals surface area contributed by atoms with Gasteiger partial charge in [0.15, 0.2) is 0 Å². The molecule has 118 valence electrons. The van der Waals surface area contributed by atoms with E-state index in [9.17, 15) is 4.79 Å². The maximum absolute atomic E-state index is 12.2. The third-order valence-corrected chi connectivity index (χ3v) is 4.66. The second kappa shape index (κ2) is 9.38. The molecule has 1 unspecified atom stereocenters. The summed E-state index contributed by atoms with van der Waals surface area (Å²) < 4.78 is 0. The maximum atomic E-state index is 12.2. The minimum atomic E-state index is 0.239. The van der Waals surface area contributed by atoms with Crippen molar-refractivity contribution in [2.75, 3.05) is 19.6 Å². The van der Waals surface area contributed by atoms with Gasteiger partial charge in [-0.25, -0.2) is 0 Å². The summed E-state index contributed by atoms with van der Waals surface area (Å²) >= 11 is 0. The van der Waals surface area contributed by atoms with Gasteiger partial charge in [-0.15, -0.1) is 0 Å². The van der Waals surface area contributed by atoms with Crippen molar-refractivity contribution >= 4 is 5.91 Å². The van der Waals surface area contributed by atoms with E-state index in [2.05, 4.69) is 37.9 Å². The van der Waals surface area contributed by atoms with Gasteiger partial charge in [-0.3, -0.25) is 4.79 Å². The highest BCUT2D eigenvalue weighted by Crippen LogP contribution is 2.18. The molecule has 1 N–H and O–H groups in total. The average molecular weight is 282 g/mol. The Balaban J connectivity index is 2.19. The number of nitrogens with one attached hydrogen (secondary N) is 1. The molecule has 0 bridgehead atoms. The molecule has 0 aliphatic carbocycles. The molecule has 0 aromatic heterocycles. The fourth-order valence-corrected chi connectivity index (χ4v) is 2.69. The molecule has 1 aliphatic heterocycles. The molecule has 20 heavy (non-hydrogen) atoms. The largest absolute Gasteiger partial charge is 0.353 e. The average Bonchev–Trinajstić information content (AvgIpc) is 2.44. The van der Waals surface area contributed by atoms with Crippen LogP contribution in [0.15, 0.2) is 0 Å². The maximum Gasteiger partial charge on any atom is 0.223 e. The molecule has 1 saturated heterocycles. The van der Waals surface area contributed by atoms with Gasteiger partial charge in [0.2, 0.25) is 5.91 Å². The molecule has 3 nitrogen and oxygen atoms in total. The van der Waals surface area contributed by atoms with Gasteiger partial charge in [-0.1, -0.05) is 40.0 Å². The number of hydrogen-bond donors (Lipinski definition) is 1. The smallest absolute Gasteiger partial charge is 0.223 e. The van der Waals surface area contributed by atoms with E-state index in [1.54, 1.807) is 0 Å². The van der Waals surface area contributed by atoms with Crippen LogP contribution in [0.3, 0.4) is 0 Å². The lowest BCUT2D eigenvalue weighted by molar-refractivity contribution is -0.127. The molecule has 0 saturated carbocycles. The third kappa shape index (κ3) is 6.25. The van der Waals surface area contributed by atoms with Gasteiger partial charge in [-0.2, -0.15) is 0 Å². The molecule has 1 amide bonds. The van der Waals surface area contributed by atoms with Crippen molar-refractivity contribution in [1.29, 1.82) is 0 Å². The number of hydrogen-bond acceptors (Lipinski definition) is 2. The normalized spacial score (nSPS) is 19.2. The molecule has 1 rings (SSSR count). The molecule has 1 heterocycles. The highest BCUT2D eigenvalue weighted by Gasteiger charge is 2.25. The number of likely N-dealkylation sites (tertiary alicyclic amines) is 1. The Morgan fingerprint density at radius 3 is 2.35 bits per heavy atom. The summed E-state index contributed by atoms with van der Waals surface area (Å²) in [7, 11) is 0. The van der Waals surface area contributed by atoms with Crippen molar-refractivity contribution in [1.82, 2.24) is 10.2 Å². The van der Waals surface area contributed by atoms with Crippen molar-refractivity contribution < 1.29 is 4.79 Å². The number of rotatable bonds is 8. The lowest BCUT2D eigenvalue weighted by Crippen LogP contribution is -2.44. The summed E-state index contributed by atoms with van der Waals surface area (Å²) in [5.41, 5.74) is 0. The van der Waals surface area contributed by atoms with Crippen LogP contribution in [0.25, 0.3) is 0 Å². The van der Waals surface area contributed by atoms with Crippen molar-refractivity contribution in [3.05, 3.63) is 0 Å². The Hall–Kier alpha value is -0.570. The fourth-order valence-electron chi connectivity index (χ4n) is 2.69. The monoisotopic (exact) mass is 282 g/mol. The van der Waals surface area contributed by atoms with E-state index in [1.807, 2.05) is 0 Å². The second-order valence-electron chi connectivity index (χ2n) is 6.72. The lowest BCUT2D eigenvalue weighted by atomic mass is 9.94. The Bertz CT molecular complexity index is 270. The van der Waals surface area contributed by atoms with Gasteiger partial charge in [0.25, 0.3) is 0 Å². The summed E-state index contributed by atoms with van der Waals surface area (Å²) in [5, 5.41) is 3.17. The highest BCUT2D eigenvalue weighted by atomic mass is 16.1. The zero-order chi connectivity index (χ0) is 15.0. The van der Waals surface area contributed by atoms with E-state index in [0.29, 0.717) is 5.92 Å². The first-order valence-electron chi connectivity index (χ1n) is 8.57. The number of carbonyl (C=O) groups excluding carboxylic acids is 1. The van der Waals surface area contributed by atoms with Crippen LogP contribution in [0.5, 0.6) is 0 Å². The number of amides is 1. The van der Waals surface area contributed by atoms with E-state index in [4.69, 9.17) is 0 Å². The van der Waals surface area contributed by atoms with Crippen LogP contribution in [0.4, 0.5) is 0 Å². The standard InChI is InChI=1S/C17H34N2O/c1-5-6-7-8-11-19-12-9-16(10-13-19)17(20)18-15(4)14(2)3/h14-16H,5-13H2,1-4H3,(H,18,20). The number of unbranched alkanes of at least 4 members (excludes halogenated alkanes) is 3. The Labute approximate surface area is 125 Å². The third-order valence-electron chi connectivity index (χ3n) is 4.66. The summed E-state index contributed by atoms with van der Waals surface area (Å²) in [5.74, 6) is 1.03. The summed E-state index contributed by atoms with van der Waals surface area (Å²) in [6, 6.07) is 0.287. The van der Waals surface area contributed by atoms with Crippen LogP contribution in [0, 0.1) is 11.8 Å². The zero-order valence-corrected chi connectivity index (χ0v) is 14.0. The second-order valence-corrected chi connectivity index (χ2v) is 6.72. The van der Waals surface area contributed by atoms with Crippen molar-refractivity contribution in [2.24, 2.45) is 11.8 Å². The van der Waals surface area contributed by atoms with Crippen molar-refractivity contribution in [3.8, 4) is 0 Å². The first-order chi connectivity index (χ1) is 9.54. The summed E-state index contributed by atoms with van der Waals surface area (Å²) in [6.45, 7) is 12.1. The van der Waals surface area contributed by atoms with Gasteiger partial charge in [0.05, 0.1) is 0 Å². The summed E-state index contributed by atoms with van der Waals surface area (Å²) in [4.78, 5) is 14.7. The van der Waals surface area contributed by atoms with E-state index < -0.39 is 0 Å². The Morgan fingerprint density at radius 2 is 1.80 bits per heavy atom. The molecular weight excluding hydrogens is 248 g/mol. The topological polar surface area (TPSA) is 32.3 Å². The van der Waals surface area contributed by atoms with Crippen molar-refractivity contribution in [3.63, 3.8) is 0 Å². The molecule has 1 atom stereocenters. The molecular formula is C17H34N2O. The van der Waals surface area contributed by atoms with Gasteiger partial charge in [0.1, 0.15) is 0 Å². The zero-order valence-electron chi connectivity index (χ0n) is 14.0. The van der Waals surface area contributed by atoms with E-state index in [1.165, 1.54) is 32.2 Å². The SMILES string of the molecule is CCCCCCN1CCC(C(=O)NC(C)C(C)C)CC1. The van der Waals surface area contributed by atoms with Gasteiger partial charge in [0, 0.05) is 12.0 Å². The molecule has 0 aromatic carbocycles. The molecule has 0 radical (unpaired) electrons. The Morgan fingerprint density at radius 1 is 1.15 bits per heavy atom. The fraction of sp³-hybridized carbons (Fsp3) is 0.941. The number of nitrogens with zero attached hydrogens (tertiary/aromatic N) is 1. The van der Waals surface area contributed by atoms with Crippen LogP contribution in [0.2, 0.25) is 0 Å². The minimum absolute atomic E-state index is 0.239. The first-order valence-corrected chi connectivity index (χ1v) is 8.57. The lowest BCUT2D eigenvalue weighted by Gasteiger charge is -2.32.